The van der Waals surface area contributed by atoms with Crippen molar-refractivity contribution in [1.82, 2.24) is 0 Å². The van der Waals surface area contributed by atoms with E-state index in [4.69, 9.17) is 0 Å². The van der Waals surface area contributed by atoms with E-state index in [-0.39, 0.29) is 11.2 Å². The van der Waals surface area contributed by atoms with E-state index in [0.717, 1.165) is 6.42 Å². The first-order valence-corrected chi connectivity index (χ1v) is 3.14. The van der Waals surface area contributed by atoms with Crippen molar-refractivity contribution in [2.75, 3.05) is 6.61 Å². The lowest BCUT2D eigenvalue weighted by molar-refractivity contribution is -0.146. The van der Waals surface area contributed by atoms with Crippen LogP contribution in [0.3, 0.4) is 0 Å². The molecule has 46 valence electrons. The van der Waals surface area contributed by atoms with Crippen molar-refractivity contribution in [3.05, 3.63) is 0 Å². The van der Waals surface area contributed by atoms with Gasteiger partial charge in [0.1, 0.15) is 0 Å². The molecule has 0 aromatic carbocycles. The molecule has 0 spiro atoms. The highest BCUT2D eigenvalue weighted by molar-refractivity contribution is 7.81. The Balaban J connectivity index is 2.34. The zero-order chi connectivity index (χ0) is 5.98. The fraction of sp³-hybridized carbons (Fsp3) is 0.800. The Morgan fingerprint density at radius 3 is 2.88 bits per heavy atom. The summed E-state index contributed by atoms with van der Waals surface area (Å²) in [6, 6.07) is 0. The van der Waals surface area contributed by atoms with E-state index in [2.05, 4.69) is 17.4 Å². The Morgan fingerprint density at radius 2 is 2.50 bits per heavy atom. The molecule has 1 atom stereocenters. The van der Waals surface area contributed by atoms with E-state index in [1.807, 2.05) is 0 Å². The van der Waals surface area contributed by atoms with Gasteiger partial charge in [-0.15, -0.1) is 0 Å². The zero-order valence-electron chi connectivity index (χ0n) is 4.46. The smallest absolute Gasteiger partial charge is 0.306 e. The van der Waals surface area contributed by atoms with Crippen LogP contribution in [-0.4, -0.2) is 17.8 Å². The zero-order valence-corrected chi connectivity index (χ0v) is 5.36. The summed E-state index contributed by atoms with van der Waals surface area (Å²) in [6.45, 7) is 0.549. The van der Waals surface area contributed by atoms with E-state index >= 15 is 0 Å². The lowest BCUT2D eigenvalue weighted by atomic mass is 10.2. The normalized spacial score (nSPS) is 29.6. The largest absolute Gasteiger partial charge is 0.466 e. The van der Waals surface area contributed by atoms with Crippen LogP contribution in [0.1, 0.15) is 12.8 Å². The van der Waals surface area contributed by atoms with Crippen LogP contribution >= 0.6 is 12.6 Å². The van der Waals surface area contributed by atoms with Crippen molar-refractivity contribution in [1.29, 1.82) is 0 Å². The van der Waals surface area contributed by atoms with E-state index in [9.17, 15) is 4.79 Å². The summed E-state index contributed by atoms with van der Waals surface area (Å²) in [6.07, 6.45) is 1.37. The minimum absolute atomic E-state index is 0.115. The molecule has 0 aromatic heterocycles. The molecule has 1 rings (SSSR count). The number of hydrogen-bond acceptors (Lipinski definition) is 3. The SMILES string of the molecule is O=C1CC(S)CCO1. The van der Waals surface area contributed by atoms with Crippen LogP contribution < -0.4 is 0 Å². The number of carbonyl (C=O) groups excluding carboxylic acids is 1. The molecule has 0 aromatic rings. The van der Waals surface area contributed by atoms with Crippen molar-refractivity contribution in [2.45, 2.75) is 18.1 Å². The van der Waals surface area contributed by atoms with Gasteiger partial charge < -0.3 is 4.74 Å². The van der Waals surface area contributed by atoms with Crippen molar-refractivity contribution < 1.29 is 9.53 Å². The van der Waals surface area contributed by atoms with Gasteiger partial charge in [0, 0.05) is 5.25 Å². The van der Waals surface area contributed by atoms with Crippen LogP contribution in [0.2, 0.25) is 0 Å². The average molecular weight is 132 g/mol. The molecule has 2 nitrogen and oxygen atoms in total. The Hall–Kier alpha value is -0.180. The molecule has 0 N–H and O–H groups in total. The predicted octanol–water partition coefficient (Wildman–Crippen LogP) is 0.622. The molecule has 1 aliphatic rings. The Morgan fingerprint density at radius 1 is 1.75 bits per heavy atom. The van der Waals surface area contributed by atoms with Crippen LogP contribution in [0.5, 0.6) is 0 Å². The summed E-state index contributed by atoms with van der Waals surface area (Å²) < 4.78 is 4.66. The molecule has 0 radical (unpaired) electrons. The topological polar surface area (TPSA) is 26.3 Å². The maximum absolute atomic E-state index is 10.4. The number of esters is 1. The number of carbonyl (C=O) groups is 1. The van der Waals surface area contributed by atoms with Crippen LogP contribution in [0, 0.1) is 0 Å². The molecule has 0 saturated carbocycles. The van der Waals surface area contributed by atoms with E-state index < -0.39 is 0 Å². The van der Waals surface area contributed by atoms with Gasteiger partial charge in [0.25, 0.3) is 0 Å². The van der Waals surface area contributed by atoms with Crippen molar-refractivity contribution in [3.63, 3.8) is 0 Å². The Labute approximate surface area is 53.6 Å². The highest BCUT2D eigenvalue weighted by Crippen LogP contribution is 2.12. The molecule has 0 aliphatic carbocycles. The van der Waals surface area contributed by atoms with Crippen molar-refractivity contribution in [2.24, 2.45) is 0 Å². The fourth-order valence-electron chi connectivity index (χ4n) is 0.662. The molecule has 0 bridgehead atoms. The van der Waals surface area contributed by atoms with E-state index in [0.29, 0.717) is 13.0 Å². The molecular weight excluding hydrogens is 124 g/mol. The second-order valence-corrected chi connectivity index (χ2v) is 2.60. The summed E-state index contributed by atoms with van der Waals surface area (Å²) in [5.41, 5.74) is 0. The van der Waals surface area contributed by atoms with Crippen LogP contribution in [0.4, 0.5) is 0 Å². The molecule has 1 saturated heterocycles. The molecule has 8 heavy (non-hydrogen) atoms. The molecule has 1 unspecified atom stereocenters. The fourth-order valence-corrected chi connectivity index (χ4v) is 0.917. The minimum Gasteiger partial charge on any atom is -0.466 e. The molecular formula is C5H8O2S. The van der Waals surface area contributed by atoms with Gasteiger partial charge in [-0.1, -0.05) is 0 Å². The third-order valence-corrected chi connectivity index (χ3v) is 1.56. The number of rotatable bonds is 0. The maximum Gasteiger partial charge on any atom is 0.306 e. The number of thiol groups is 1. The van der Waals surface area contributed by atoms with Crippen LogP contribution in [0.25, 0.3) is 0 Å². The van der Waals surface area contributed by atoms with E-state index in [1.165, 1.54) is 0 Å². The first-order chi connectivity index (χ1) is 3.79. The highest BCUT2D eigenvalue weighted by atomic mass is 32.1. The molecule has 1 aliphatic heterocycles. The first kappa shape index (κ1) is 5.95. The second-order valence-electron chi connectivity index (χ2n) is 1.87. The lowest BCUT2D eigenvalue weighted by Gasteiger charge is -2.15. The Bertz CT molecular complexity index is 103. The standard InChI is InChI=1S/C5H8O2S/c6-5-3-4(8)1-2-7-5/h4,8H,1-3H2. The number of cyclic esters (lactones) is 1. The summed E-state index contributed by atoms with van der Waals surface area (Å²) in [5, 5.41) is 0.233. The molecule has 0 amide bonds. The van der Waals surface area contributed by atoms with Crippen molar-refractivity contribution >= 4 is 18.6 Å². The predicted molar refractivity (Wildman–Crippen MR) is 33.0 cm³/mol. The third kappa shape index (κ3) is 1.40. The lowest BCUT2D eigenvalue weighted by Crippen LogP contribution is -2.20. The van der Waals surface area contributed by atoms with Crippen molar-refractivity contribution in [3.8, 4) is 0 Å². The van der Waals surface area contributed by atoms with Crippen LogP contribution in [-0.2, 0) is 9.53 Å². The highest BCUT2D eigenvalue weighted by Gasteiger charge is 2.16. The second kappa shape index (κ2) is 2.40. The third-order valence-electron chi connectivity index (χ3n) is 1.12. The van der Waals surface area contributed by atoms with Crippen LogP contribution in [0.15, 0.2) is 0 Å². The van der Waals surface area contributed by atoms with Gasteiger partial charge in [-0.2, -0.15) is 12.6 Å². The number of hydrogen-bond donors (Lipinski definition) is 1. The summed E-state index contributed by atoms with van der Waals surface area (Å²) in [5.74, 6) is -0.115. The van der Waals surface area contributed by atoms with Gasteiger partial charge in [0.2, 0.25) is 0 Å². The minimum atomic E-state index is -0.115. The van der Waals surface area contributed by atoms with Gasteiger partial charge in [0.05, 0.1) is 13.0 Å². The summed E-state index contributed by atoms with van der Waals surface area (Å²) >= 11 is 4.12. The molecule has 1 heterocycles. The van der Waals surface area contributed by atoms with Gasteiger partial charge in [-0.3, -0.25) is 4.79 Å². The number of ether oxygens (including phenoxy) is 1. The maximum atomic E-state index is 10.4. The molecule has 3 heteroatoms. The summed E-state index contributed by atoms with van der Waals surface area (Å²) in [7, 11) is 0. The van der Waals surface area contributed by atoms with Gasteiger partial charge in [-0.05, 0) is 6.42 Å². The first-order valence-electron chi connectivity index (χ1n) is 2.63. The monoisotopic (exact) mass is 132 g/mol. The van der Waals surface area contributed by atoms with Gasteiger partial charge in [0.15, 0.2) is 0 Å². The molecule has 1 fully saturated rings. The van der Waals surface area contributed by atoms with Gasteiger partial charge in [-0.25, -0.2) is 0 Å². The van der Waals surface area contributed by atoms with E-state index in [1.54, 1.807) is 0 Å². The van der Waals surface area contributed by atoms with Gasteiger partial charge >= 0.3 is 5.97 Å². The summed E-state index contributed by atoms with van der Waals surface area (Å²) in [4.78, 5) is 10.4. The quantitative estimate of drug-likeness (QED) is 0.386. The Kier molecular flexibility index (Phi) is 1.78. The average Bonchev–Trinajstić information content (AvgIpc) is 1.64.